The lowest BCUT2D eigenvalue weighted by Gasteiger charge is -2.34. The van der Waals surface area contributed by atoms with Crippen molar-refractivity contribution in [1.82, 2.24) is 20.0 Å². The molecule has 0 N–H and O–H groups in total. The summed E-state index contributed by atoms with van der Waals surface area (Å²) in [5, 5.41) is 11.6. The normalized spacial score (nSPS) is 15.4. The van der Waals surface area contributed by atoms with E-state index in [2.05, 4.69) is 57.6 Å². The predicted octanol–water partition coefficient (Wildman–Crippen LogP) is 3.44. The van der Waals surface area contributed by atoms with Gasteiger partial charge >= 0.3 is 0 Å². The molecule has 1 fully saturated rings. The molecule has 1 aromatic heterocycles. The van der Waals surface area contributed by atoms with Crippen molar-refractivity contribution >= 4 is 39.8 Å². The van der Waals surface area contributed by atoms with Gasteiger partial charge in [-0.05, 0) is 23.3 Å². The number of carbonyl (C=O) groups excluding carboxylic acids is 1. The van der Waals surface area contributed by atoms with Crippen LogP contribution in [0.4, 0.5) is 0 Å². The topological polar surface area (TPSA) is 49.3 Å². The van der Waals surface area contributed by atoms with Crippen LogP contribution >= 0.6 is 23.1 Å². The van der Waals surface area contributed by atoms with Crippen LogP contribution in [-0.4, -0.2) is 57.8 Å². The number of aryl methyl sites for hydroxylation is 1. The third-order valence-electron chi connectivity index (χ3n) is 4.83. The Labute approximate surface area is 167 Å². The van der Waals surface area contributed by atoms with Crippen molar-refractivity contribution in [3.63, 3.8) is 0 Å². The minimum atomic E-state index is 0.192. The van der Waals surface area contributed by atoms with Crippen LogP contribution in [0.3, 0.4) is 0 Å². The van der Waals surface area contributed by atoms with Crippen LogP contribution in [0.25, 0.3) is 10.8 Å². The number of fused-ring (bicyclic) bond motifs is 1. The van der Waals surface area contributed by atoms with Crippen molar-refractivity contribution in [2.24, 2.45) is 0 Å². The largest absolute Gasteiger partial charge is 0.339 e. The summed E-state index contributed by atoms with van der Waals surface area (Å²) in [5.74, 6) is 0.635. The van der Waals surface area contributed by atoms with Gasteiger partial charge in [0.2, 0.25) is 5.91 Å². The summed E-state index contributed by atoms with van der Waals surface area (Å²) in [6.45, 7) is 6.27. The lowest BCUT2D eigenvalue weighted by atomic mass is 10.0. The van der Waals surface area contributed by atoms with Crippen molar-refractivity contribution in [1.29, 1.82) is 0 Å². The van der Waals surface area contributed by atoms with Crippen LogP contribution in [0.15, 0.2) is 46.8 Å². The summed E-state index contributed by atoms with van der Waals surface area (Å²) >= 11 is 3.03. The first-order valence-electron chi connectivity index (χ1n) is 9.09. The molecule has 1 aliphatic heterocycles. The van der Waals surface area contributed by atoms with Crippen LogP contribution in [0, 0.1) is 6.92 Å². The predicted molar refractivity (Wildman–Crippen MR) is 111 cm³/mol. The van der Waals surface area contributed by atoms with E-state index in [1.54, 1.807) is 11.3 Å². The van der Waals surface area contributed by atoms with Gasteiger partial charge in [0.1, 0.15) is 5.01 Å². The zero-order chi connectivity index (χ0) is 18.6. The molecule has 4 rings (SSSR count). The quantitative estimate of drug-likeness (QED) is 0.616. The van der Waals surface area contributed by atoms with E-state index in [-0.39, 0.29) is 5.91 Å². The smallest absolute Gasteiger partial charge is 0.233 e. The fraction of sp³-hybridized carbons (Fsp3) is 0.350. The van der Waals surface area contributed by atoms with Gasteiger partial charge in [0.15, 0.2) is 4.34 Å². The van der Waals surface area contributed by atoms with Gasteiger partial charge in [0.05, 0.1) is 5.75 Å². The Morgan fingerprint density at radius 3 is 2.63 bits per heavy atom. The summed E-state index contributed by atoms with van der Waals surface area (Å²) in [6.07, 6.45) is 0. The molecule has 0 aliphatic carbocycles. The lowest BCUT2D eigenvalue weighted by Crippen LogP contribution is -2.48. The average Bonchev–Trinajstić information content (AvgIpc) is 3.12. The molecule has 0 bridgehead atoms. The molecule has 0 spiro atoms. The molecular weight excluding hydrogens is 376 g/mol. The van der Waals surface area contributed by atoms with E-state index in [4.69, 9.17) is 0 Å². The zero-order valence-corrected chi connectivity index (χ0v) is 16.9. The molecule has 0 saturated carbocycles. The number of benzene rings is 2. The van der Waals surface area contributed by atoms with Crippen LogP contribution in [0.1, 0.15) is 10.6 Å². The third kappa shape index (κ3) is 4.48. The molecule has 0 atom stereocenters. The number of hydrogen-bond donors (Lipinski definition) is 0. The molecule has 0 radical (unpaired) electrons. The van der Waals surface area contributed by atoms with E-state index in [0.29, 0.717) is 5.75 Å². The molecule has 0 unspecified atom stereocenters. The molecule has 2 heterocycles. The Kier molecular flexibility index (Phi) is 5.71. The monoisotopic (exact) mass is 398 g/mol. The molecule has 1 saturated heterocycles. The fourth-order valence-electron chi connectivity index (χ4n) is 3.38. The third-order valence-corrected chi connectivity index (χ3v) is 6.78. The maximum Gasteiger partial charge on any atom is 0.233 e. The van der Waals surface area contributed by atoms with Gasteiger partial charge in [0.25, 0.3) is 0 Å². The standard InChI is InChI=1S/C20H22N4OS2/c1-15-21-22-20(27-15)26-14-19(25)24-11-9-23(10-12-24)13-17-7-4-6-16-5-2-3-8-18(16)17/h2-8H,9-14H2,1H3. The molecule has 7 heteroatoms. The first-order valence-corrected chi connectivity index (χ1v) is 10.9. The van der Waals surface area contributed by atoms with Gasteiger partial charge in [0, 0.05) is 32.7 Å². The summed E-state index contributed by atoms with van der Waals surface area (Å²) in [5.41, 5.74) is 1.36. The number of piperazine rings is 1. The maximum atomic E-state index is 12.5. The Bertz CT molecular complexity index is 929. The number of hydrogen-bond acceptors (Lipinski definition) is 6. The second-order valence-electron chi connectivity index (χ2n) is 6.67. The van der Waals surface area contributed by atoms with Crippen LogP contribution in [-0.2, 0) is 11.3 Å². The molecule has 140 valence electrons. The summed E-state index contributed by atoms with van der Waals surface area (Å²) in [7, 11) is 0. The Balaban J connectivity index is 1.30. The van der Waals surface area contributed by atoms with Crippen LogP contribution in [0.5, 0.6) is 0 Å². The summed E-state index contributed by atoms with van der Waals surface area (Å²) in [6, 6.07) is 15.0. The highest BCUT2D eigenvalue weighted by Crippen LogP contribution is 2.23. The van der Waals surface area contributed by atoms with Gasteiger partial charge in [-0.25, -0.2) is 0 Å². The van der Waals surface area contributed by atoms with Crippen molar-refractivity contribution in [3.05, 3.63) is 53.0 Å². The highest BCUT2D eigenvalue weighted by molar-refractivity contribution is 8.01. The highest BCUT2D eigenvalue weighted by atomic mass is 32.2. The molecule has 1 amide bonds. The van der Waals surface area contributed by atoms with E-state index in [1.807, 2.05) is 11.8 Å². The molecule has 27 heavy (non-hydrogen) atoms. The second-order valence-corrected chi connectivity index (χ2v) is 9.07. The van der Waals surface area contributed by atoms with Gasteiger partial charge in [-0.1, -0.05) is 65.6 Å². The SMILES string of the molecule is Cc1nnc(SCC(=O)N2CCN(Cc3cccc4ccccc34)CC2)s1. The van der Waals surface area contributed by atoms with Gasteiger partial charge in [-0.3, -0.25) is 9.69 Å². The average molecular weight is 399 g/mol. The maximum absolute atomic E-state index is 12.5. The van der Waals surface area contributed by atoms with E-state index < -0.39 is 0 Å². The van der Waals surface area contributed by atoms with Gasteiger partial charge in [-0.2, -0.15) is 0 Å². The first kappa shape index (κ1) is 18.4. The minimum absolute atomic E-state index is 0.192. The Morgan fingerprint density at radius 1 is 1.07 bits per heavy atom. The first-order chi connectivity index (χ1) is 13.2. The summed E-state index contributed by atoms with van der Waals surface area (Å²) in [4.78, 5) is 16.9. The van der Waals surface area contributed by atoms with Crippen molar-refractivity contribution in [3.8, 4) is 0 Å². The number of nitrogens with zero attached hydrogens (tertiary/aromatic N) is 4. The Morgan fingerprint density at radius 2 is 1.85 bits per heavy atom. The van der Waals surface area contributed by atoms with Crippen LogP contribution in [0.2, 0.25) is 0 Å². The number of amides is 1. The number of aromatic nitrogens is 2. The van der Waals surface area contributed by atoms with E-state index in [1.165, 1.54) is 28.1 Å². The molecule has 2 aromatic carbocycles. The van der Waals surface area contributed by atoms with Gasteiger partial charge < -0.3 is 4.90 Å². The van der Waals surface area contributed by atoms with Crippen molar-refractivity contribution in [2.75, 3.05) is 31.9 Å². The minimum Gasteiger partial charge on any atom is -0.339 e. The number of carbonyl (C=O) groups is 1. The van der Waals surface area contributed by atoms with Crippen molar-refractivity contribution < 1.29 is 4.79 Å². The molecule has 3 aromatic rings. The van der Waals surface area contributed by atoms with Crippen LogP contribution < -0.4 is 0 Å². The fourth-order valence-corrected chi connectivity index (χ4v) is 5.10. The molecule has 1 aliphatic rings. The number of thioether (sulfide) groups is 1. The van der Waals surface area contributed by atoms with Crippen molar-refractivity contribution in [2.45, 2.75) is 17.8 Å². The molecular formula is C20H22N4OS2. The summed E-state index contributed by atoms with van der Waals surface area (Å²) < 4.78 is 0.871. The van der Waals surface area contributed by atoms with E-state index in [0.717, 1.165) is 42.1 Å². The second kappa shape index (κ2) is 8.37. The zero-order valence-electron chi connectivity index (χ0n) is 15.3. The highest BCUT2D eigenvalue weighted by Gasteiger charge is 2.21. The number of rotatable bonds is 5. The molecule has 5 nitrogen and oxygen atoms in total. The van der Waals surface area contributed by atoms with E-state index in [9.17, 15) is 4.79 Å². The van der Waals surface area contributed by atoms with Gasteiger partial charge in [-0.15, -0.1) is 10.2 Å². The Hall–Kier alpha value is -1.96. The van der Waals surface area contributed by atoms with E-state index >= 15 is 0 Å². The lowest BCUT2D eigenvalue weighted by molar-refractivity contribution is -0.130.